The Bertz CT molecular complexity index is 836. The number of phenolic OH excluding ortho intramolecular Hbond substituents is 1. The number of hydrogen-bond donors (Lipinski definition) is 1. The summed E-state index contributed by atoms with van der Waals surface area (Å²) in [7, 11) is 4.73. The van der Waals surface area contributed by atoms with Gasteiger partial charge in [-0.1, -0.05) is 0 Å². The highest BCUT2D eigenvalue weighted by atomic mass is 16.5. The van der Waals surface area contributed by atoms with Crippen molar-refractivity contribution in [2.24, 2.45) is 0 Å². The van der Waals surface area contributed by atoms with Crippen LogP contribution in [0.25, 0.3) is 16.9 Å². The Labute approximate surface area is 139 Å². The van der Waals surface area contributed by atoms with Crippen LogP contribution in [0, 0.1) is 0 Å². The summed E-state index contributed by atoms with van der Waals surface area (Å²) in [5.74, 6) is 1.86. The normalized spacial score (nSPS) is 10.5. The number of benzene rings is 2. The van der Waals surface area contributed by atoms with Gasteiger partial charge in [0, 0.05) is 23.8 Å². The molecule has 1 heterocycles. The molecule has 6 nitrogen and oxygen atoms in total. The lowest BCUT2D eigenvalue weighted by Crippen LogP contribution is -1.97. The van der Waals surface area contributed by atoms with E-state index in [1.807, 2.05) is 22.8 Å². The quantitative estimate of drug-likeness (QED) is 0.779. The first kappa shape index (κ1) is 15.7. The molecule has 0 aliphatic rings. The van der Waals surface area contributed by atoms with Gasteiger partial charge in [-0.3, -0.25) is 4.57 Å². The first-order valence-electron chi connectivity index (χ1n) is 7.29. The lowest BCUT2D eigenvalue weighted by atomic mass is 10.1. The Morgan fingerprint density at radius 2 is 1.62 bits per heavy atom. The monoisotopic (exact) mass is 326 g/mol. The number of methoxy groups -OCH3 is 3. The molecule has 1 N–H and O–H groups in total. The highest BCUT2D eigenvalue weighted by Crippen LogP contribution is 2.33. The molecule has 0 aliphatic carbocycles. The molecule has 3 rings (SSSR count). The van der Waals surface area contributed by atoms with Gasteiger partial charge in [-0.05, 0) is 18.2 Å². The van der Waals surface area contributed by atoms with Gasteiger partial charge < -0.3 is 19.3 Å². The van der Waals surface area contributed by atoms with Crippen molar-refractivity contribution in [1.82, 2.24) is 9.55 Å². The number of imidazole rings is 1. The molecule has 0 unspecified atom stereocenters. The number of nitrogens with zero attached hydrogens (tertiary/aromatic N) is 2. The van der Waals surface area contributed by atoms with Crippen LogP contribution in [0.3, 0.4) is 0 Å². The second-order valence-corrected chi connectivity index (χ2v) is 5.11. The first-order valence-corrected chi connectivity index (χ1v) is 7.29. The lowest BCUT2D eigenvalue weighted by molar-refractivity contribution is 0.373. The minimum absolute atomic E-state index is 0.0750. The van der Waals surface area contributed by atoms with E-state index in [2.05, 4.69) is 4.98 Å². The summed E-state index contributed by atoms with van der Waals surface area (Å²) in [6.07, 6.45) is 3.43. The molecule has 0 saturated carbocycles. The van der Waals surface area contributed by atoms with Crippen LogP contribution in [0.5, 0.6) is 23.0 Å². The summed E-state index contributed by atoms with van der Waals surface area (Å²) in [6.45, 7) is 0. The molecule has 124 valence electrons. The van der Waals surface area contributed by atoms with Crippen LogP contribution in [0.1, 0.15) is 0 Å². The van der Waals surface area contributed by atoms with Gasteiger partial charge in [-0.15, -0.1) is 0 Å². The van der Waals surface area contributed by atoms with Gasteiger partial charge in [0.1, 0.15) is 11.5 Å². The number of hydrogen-bond acceptors (Lipinski definition) is 5. The van der Waals surface area contributed by atoms with Crippen molar-refractivity contribution in [3.63, 3.8) is 0 Å². The molecule has 0 radical (unpaired) electrons. The van der Waals surface area contributed by atoms with Crippen molar-refractivity contribution in [1.29, 1.82) is 0 Å². The van der Waals surface area contributed by atoms with Gasteiger partial charge in [0.15, 0.2) is 11.5 Å². The number of aromatic hydroxyl groups is 1. The fourth-order valence-corrected chi connectivity index (χ4v) is 2.50. The minimum atomic E-state index is 0.0750. The van der Waals surface area contributed by atoms with Crippen molar-refractivity contribution in [2.75, 3.05) is 21.3 Å². The fraction of sp³-hybridized carbons (Fsp3) is 0.167. The molecule has 2 aromatic carbocycles. The predicted octanol–water partition coefficient (Wildman–Crippen LogP) is 3.27. The van der Waals surface area contributed by atoms with Crippen molar-refractivity contribution in [3.8, 4) is 39.9 Å². The molecule has 1 aromatic heterocycles. The van der Waals surface area contributed by atoms with Crippen LogP contribution < -0.4 is 14.2 Å². The summed E-state index contributed by atoms with van der Waals surface area (Å²) in [5, 5.41) is 10.0. The van der Waals surface area contributed by atoms with Crippen LogP contribution >= 0.6 is 0 Å². The number of rotatable bonds is 5. The summed E-state index contributed by atoms with van der Waals surface area (Å²) >= 11 is 0. The summed E-state index contributed by atoms with van der Waals surface area (Å²) < 4.78 is 17.6. The second-order valence-electron chi connectivity index (χ2n) is 5.11. The molecule has 0 aliphatic heterocycles. The smallest absolute Gasteiger partial charge is 0.160 e. The SMILES string of the molecule is COc1cc(OC)cc(-n2cncc2-c2ccc(OC)c(O)c2)c1. The molecule has 3 aromatic rings. The predicted molar refractivity (Wildman–Crippen MR) is 90.3 cm³/mol. The number of aromatic nitrogens is 2. The molecule has 0 atom stereocenters. The van der Waals surface area contributed by atoms with Crippen molar-refractivity contribution < 1.29 is 19.3 Å². The third-order valence-corrected chi connectivity index (χ3v) is 3.73. The van der Waals surface area contributed by atoms with Crippen molar-refractivity contribution in [3.05, 3.63) is 48.9 Å². The third kappa shape index (κ3) is 2.86. The average Bonchev–Trinajstić information content (AvgIpc) is 3.10. The molecule has 0 fully saturated rings. The molecule has 0 amide bonds. The van der Waals surface area contributed by atoms with Gasteiger partial charge in [0.25, 0.3) is 0 Å². The van der Waals surface area contributed by atoms with E-state index in [4.69, 9.17) is 14.2 Å². The average molecular weight is 326 g/mol. The Balaban J connectivity index is 2.10. The van der Waals surface area contributed by atoms with Gasteiger partial charge in [-0.2, -0.15) is 0 Å². The molecular formula is C18H18N2O4. The fourth-order valence-electron chi connectivity index (χ4n) is 2.50. The molecular weight excluding hydrogens is 308 g/mol. The Morgan fingerprint density at radius 1 is 0.917 bits per heavy atom. The van der Waals surface area contributed by atoms with E-state index < -0.39 is 0 Å². The van der Waals surface area contributed by atoms with Crippen LogP contribution in [0.2, 0.25) is 0 Å². The largest absolute Gasteiger partial charge is 0.504 e. The van der Waals surface area contributed by atoms with Crippen LogP contribution in [-0.4, -0.2) is 36.0 Å². The standard InChI is InChI=1S/C18H18N2O4/c1-22-14-7-13(8-15(9-14)23-2)20-11-19-10-16(20)12-4-5-18(24-3)17(21)6-12/h4-11,21H,1-3H3. The van der Waals surface area contributed by atoms with Crippen LogP contribution in [0.15, 0.2) is 48.9 Å². The summed E-state index contributed by atoms with van der Waals surface area (Å²) in [6, 6.07) is 10.8. The van der Waals surface area contributed by atoms with Crippen LogP contribution in [-0.2, 0) is 0 Å². The minimum Gasteiger partial charge on any atom is -0.504 e. The van der Waals surface area contributed by atoms with Crippen LogP contribution in [0.4, 0.5) is 0 Å². The molecule has 0 saturated heterocycles. The third-order valence-electron chi connectivity index (χ3n) is 3.73. The number of ether oxygens (including phenoxy) is 3. The van der Waals surface area contributed by atoms with E-state index in [-0.39, 0.29) is 5.75 Å². The van der Waals surface area contributed by atoms with Crippen molar-refractivity contribution in [2.45, 2.75) is 0 Å². The highest BCUT2D eigenvalue weighted by molar-refractivity contribution is 5.66. The zero-order valence-corrected chi connectivity index (χ0v) is 13.7. The molecule has 24 heavy (non-hydrogen) atoms. The Hall–Kier alpha value is -3.15. The van der Waals surface area contributed by atoms with Crippen molar-refractivity contribution >= 4 is 0 Å². The van der Waals surface area contributed by atoms with Gasteiger partial charge in [-0.25, -0.2) is 4.98 Å². The molecule has 6 heteroatoms. The maximum Gasteiger partial charge on any atom is 0.160 e. The van der Waals surface area contributed by atoms with E-state index in [1.165, 1.54) is 7.11 Å². The van der Waals surface area contributed by atoms with E-state index in [1.54, 1.807) is 44.9 Å². The van der Waals surface area contributed by atoms with E-state index in [0.29, 0.717) is 17.2 Å². The number of phenols is 1. The Kier molecular flexibility index (Phi) is 4.29. The van der Waals surface area contributed by atoms with E-state index in [0.717, 1.165) is 16.9 Å². The molecule has 0 spiro atoms. The summed E-state index contributed by atoms with van der Waals surface area (Å²) in [4.78, 5) is 4.23. The first-order chi connectivity index (χ1) is 11.7. The summed E-state index contributed by atoms with van der Waals surface area (Å²) in [5.41, 5.74) is 2.48. The topological polar surface area (TPSA) is 65.7 Å². The highest BCUT2D eigenvalue weighted by Gasteiger charge is 2.12. The lowest BCUT2D eigenvalue weighted by Gasteiger charge is -2.12. The van der Waals surface area contributed by atoms with Gasteiger partial charge >= 0.3 is 0 Å². The Morgan fingerprint density at radius 3 is 2.21 bits per heavy atom. The van der Waals surface area contributed by atoms with Gasteiger partial charge in [0.05, 0.1) is 45.2 Å². The zero-order valence-electron chi connectivity index (χ0n) is 13.7. The zero-order chi connectivity index (χ0) is 17.1. The maximum atomic E-state index is 10.0. The van der Waals surface area contributed by atoms with E-state index in [9.17, 15) is 5.11 Å². The van der Waals surface area contributed by atoms with E-state index >= 15 is 0 Å². The maximum absolute atomic E-state index is 10.0. The second kappa shape index (κ2) is 6.54. The molecule has 0 bridgehead atoms. The van der Waals surface area contributed by atoms with Gasteiger partial charge in [0.2, 0.25) is 0 Å².